The summed E-state index contributed by atoms with van der Waals surface area (Å²) in [5.74, 6) is 0.0786. The summed E-state index contributed by atoms with van der Waals surface area (Å²) < 4.78 is 23.6. The van der Waals surface area contributed by atoms with Crippen LogP contribution in [0.1, 0.15) is 53.3 Å². The number of carbonyl (C=O) groups is 3. The van der Waals surface area contributed by atoms with Crippen molar-refractivity contribution in [2.75, 3.05) is 45.9 Å². The molecule has 1 aromatic carbocycles. The molecular formula is C31H35N3O7S. The lowest BCUT2D eigenvalue weighted by atomic mass is 9.56. The molecule has 3 aliphatic rings. The molecule has 0 unspecified atom stereocenters. The molecule has 2 aliphatic heterocycles. The largest absolute Gasteiger partial charge is 0.496 e. The Morgan fingerprint density at radius 2 is 1.95 bits per heavy atom. The van der Waals surface area contributed by atoms with Gasteiger partial charge in [-0.3, -0.25) is 19.3 Å². The van der Waals surface area contributed by atoms with Gasteiger partial charge in [-0.25, -0.2) is 4.98 Å². The summed E-state index contributed by atoms with van der Waals surface area (Å²) in [4.78, 5) is 49.8. The van der Waals surface area contributed by atoms with Gasteiger partial charge in [-0.2, -0.15) is 0 Å². The molecular weight excluding hydrogens is 558 g/mol. The van der Waals surface area contributed by atoms with Gasteiger partial charge >= 0.3 is 0 Å². The van der Waals surface area contributed by atoms with Crippen molar-refractivity contribution < 1.29 is 33.0 Å². The Bertz CT molecular complexity index is 1490. The van der Waals surface area contributed by atoms with Gasteiger partial charge in [-0.05, 0) is 44.2 Å². The Hall–Kier alpha value is -3.54. The van der Waals surface area contributed by atoms with E-state index in [9.17, 15) is 14.4 Å². The zero-order chi connectivity index (χ0) is 29.6. The van der Waals surface area contributed by atoms with E-state index in [1.165, 1.54) is 22.5 Å². The number of oxazole rings is 1. The Morgan fingerprint density at radius 3 is 2.62 bits per heavy atom. The molecule has 42 heavy (non-hydrogen) atoms. The number of rotatable bonds is 8. The molecule has 1 saturated heterocycles. The molecule has 1 saturated carbocycles. The van der Waals surface area contributed by atoms with Crippen LogP contribution in [0.15, 0.2) is 41.1 Å². The van der Waals surface area contributed by atoms with Crippen LogP contribution < -0.4 is 9.64 Å². The first-order valence-electron chi connectivity index (χ1n) is 14.2. The molecule has 1 spiro atoms. The molecule has 6 rings (SSSR count). The van der Waals surface area contributed by atoms with Crippen molar-refractivity contribution in [1.82, 2.24) is 9.88 Å². The average Bonchev–Trinajstić information content (AvgIpc) is 3.62. The zero-order valence-corrected chi connectivity index (χ0v) is 25.1. The number of ether oxygens (including phenoxy) is 3. The average molecular weight is 594 g/mol. The number of ketones is 1. The molecule has 222 valence electrons. The summed E-state index contributed by atoms with van der Waals surface area (Å²) in [5.41, 5.74) is 0.740. The fourth-order valence-corrected chi connectivity index (χ4v) is 7.64. The summed E-state index contributed by atoms with van der Waals surface area (Å²) in [5, 5.41) is 0.555. The highest BCUT2D eigenvalue weighted by Gasteiger charge is 2.63. The predicted molar refractivity (Wildman–Crippen MR) is 156 cm³/mol. The van der Waals surface area contributed by atoms with Crippen LogP contribution in [0.5, 0.6) is 5.75 Å². The molecule has 4 heterocycles. The third kappa shape index (κ3) is 4.73. The van der Waals surface area contributed by atoms with Gasteiger partial charge in [-0.15, -0.1) is 11.3 Å². The van der Waals surface area contributed by atoms with Crippen molar-refractivity contribution in [3.05, 3.63) is 53.4 Å². The molecule has 11 heteroatoms. The van der Waals surface area contributed by atoms with Crippen LogP contribution in [-0.4, -0.2) is 74.5 Å². The monoisotopic (exact) mass is 593 g/mol. The predicted octanol–water partition coefficient (Wildman–Crippen LogP) is 4.67. The molecule has 0 radical (unpaired) electrons. The Morgan fingerprint density at radius 1 is 1.21 bits per heavy atom. The van der Waals surface area contributed by atoms with E-state index in [0.717, 1.165) is 24.0 Å². The minimum atomic E-state index is -1.30. The number of Topliss-reactive ketones (excluding diaryl/α,β-unsaturated/α-hetero) is 1. The molecule has 0 bridgehead atoms. The van der Waals surface area contributed by atoms with Crippen LogP contribution in [0.25, 0.3) is 10.8 Å². The number of hydrogen-bond acceptors (Lipinski definition) is 9. The smallest absolute Gasteiger partial charge is 0.241 e. The highest BCUT2D eigenvalue weighted by Crippen LogP contribution is 2.57. The number of fused-ring (bicyclic) bond motifs is 1. The SMILES string of the molecule is COc1ccccc1[C@H](CN1C(=O)C2(CC(C(=O)N(C)C)C2)C(=O)c2c1sc(-c1ncco1)c2C)OC1CCOCC1. The van der Waals surface area contributed by atoms with Crippen LogP contribution in [0.3, 0.4) is 0 Å². The second-order valence-electron chi connectivity index (χ2n) is 11.4. The van der Waals surface area contributed by atoms with E-state index < -0.39 is 11.5 Å². The maximum atomic E-state index is 14.5. The van der Waals surface area contributed by atoms with Crippen molar-refractivity contribution in [1.29, 1.82) is 0 Å². The number of hydrogen-bond donors (Lipinski definition) is 0. The van der Waals surface area contributed by atoms with Gasteiger partial charge in [0.2, 0.25) is 17.7 Å². The highest BCUT2D eigenvalue weighted by atomic mass is 32.1. The van der Waals surface area contributed by atoms with Crippen molar-refractivity contribution in [2.24, 2.45) is 11.3 Å². The van der Waals surface area contributed by atoms with E-state index in [0.29, 0.717) is 40.3 Å². The van der Waals surface area contributed by atoms with Crippen LogP contribution in [0.4, 0.5) is 5.00 Å². The second-order valence-corrected chi connectivity index (χ2v) is 12.4. The highest BCUT2D eigenvalue weighted by molar-refractivity contribution is 7.20. The molecule has 1 aliphatic carbocycles. The van der Waals surface area contributed by atoms with Crippen LogP contribution in [0.2, 0.25) is 0 Å². The number of nitrogens with zero attached hydrogens (tertiary/aromatic N) is 3. The standard InChI is InChI=1S/C31H35N3O7S/c1-18-24-26(35)31(15-19(16-31)28(36)33(2)3)30(37)34(29(24)42-25(18)27-32-11-14-40-27)17-23(41-20-9-12-39-13-10-20)21-7-5-6-8-22(21)38-4/h5-8,11,14,19-20,23H,9-10,12-13,15-17H2,1-4H3/t19?,23-,31?/m0/s1. The molecule has 1 atom stereocenters. The normalized spacial score (nSPS) is 23.0. The van der Waals surface area contributed by atoms with E-state index in [4.69, 9.17) is 18.6 Å². The maximum absolute atomic E-state index is 14.5. The summed E-state index contributed by atoms with van der Waals surface area (Å²) in [7, 11) is 5.00. The molecule has 3 aromatic rings. The number of methoxy groups -OCH3 is 1. The molecule has 0 N–H and O–H groups in total. The van der Waals surface area contributed by atoms with Crippen LogP contribution in [-0.2, 0) is 19.1 Å². The van der Waals surface area contributed by atoms with Gasteiger partial charge in [0.15, 0.2) is 5.78 Å². The second kappa shape index (κ2) is 11.3. The number of aromatic nitrogens is 1. The van der Waals surface area contributed by atoms with Gasteiger partial charge < -0.3 is 23.5 Å². The fraction of sp³-hybridized carbons (Fsp3) is 0.484. The zero-order valence-electron chi connectivity index (χ0n) is 24.3. The molecule has 10 nitrogen and oxygen atoms in total. The van der Waals surface area contributed by atoms with Crippen LogP contribution >= 0.6 is 11.3 Å². The lowest BCUT2D eigenvalue weighted by Gasteiger charge is -2.49. The summed E-state index contributed by atoms with van der Waals surface area (Å²) in [6.45, 7) is 3.26. The quantitative estimate of drug-likeness (QED) is 0.347. The van der Waals surface area contributed by atoms with E-state index in [-0.39, 0.29) is 49.0 Å². The molecule has 2 fully saturated rings. The minimum absolute atomic E-state index is 0.0534. The number of carbonyl (C=O) groups excluding carboxylic acids is 3. The topological polar surface area (TPSA) is 111 Å². The van der Waals surface area contributed by atoms with Gasteiger partial charge in [0.05, 0.1) is 36.4 Å². The third-order valence-corrected chi connectivity index (χ3v) is 9.96. The van der Waals surface area contributed by atoms with Crippen molar-refractivity contribution in [2.45, 2.75) is 44.8 Å². The van der Waals surface area contributed by atoms with Gasteiger partial charge in [0, 0.05) is 38.8 Å². The Labute approximate surface area is 248 Å². The van der Waals surface area contributed by atoms with E-state index in [2.05, 4.69) is 4.98 Å². The molecule has 2 aromatic heterocycles. The van der Waals surface area contributed by atoms with Crippen LogP contribution in [0, 0.1) is 18.3 Å². The summed E-state index contributed by atoms with van der Waals surface area (Å²) in [6.07, 6.45) is 4.32. The van der Waals surface area contributed by atoms with Crippen molar-refractivity contribution >= 4 is 33.9 Å². The number of para-hydroxylation sites is 1. The number of anilines is 1. The minimum Gasteiger partial charge on any atom is -0.496 e. The van der Waals surface area contributed by atoms with Gasteiger partial charge in [-0.1, -0.05) is 18.2 Å². The van der Waals surface area contributed by atoms with E-state index in [1.807, 2.05) is 31.2 Å². The first-order valence-corrected chi connectivity index (χ1v) is 15.0. The van der Waals surface area contributed by atoms with Gasteiger partial charge in [0.25, 0.3) is 0 Å². The summed E-state index contributed by atoms with van der Waals surface area (Å²) in [6, 6.07) is 7.65. The number of benzene rings is 1. The third-order valence-electron chi connectivity index (χ3n) is 8.66. The summed E-state index contributed by atoms with van der Waals surface area (Å²) >= 11 is 1.32. The van der Waals surface area contributed by atoms with Crippen molar-refractivity contribution in [3.63, 3.8) is 0 Å². The first kappa shape index (κ1) is 28.6. The number of thiophene rings is 1. The lowest BCUT2D eigenvalue weighted by molar-refractivity contribution is -0.145. The Kier molecular flexibility index (Phi) is 7.67. The van der Waals surface area contributed by atoms with E-state index >= 15 is 0 Å². The maximum Gasteiger partial charge on any atom is 0.241 e. The Balaban J connectivity index is 1.43. The fourth-order valence-electron chi connectivity index (χ4n) is 6.39. The lowest BCUT2D eigenvalue weighted by Crippen LogP contribution is -2.61. The number of amides is 2. The van der Waals surface area contributed by atoms with Crippen molar-refractivity contribution in [3.8, 4) is 16.5 Å². The first-order chi connectivity index (χ1) is 20.2. The van der Waals surface area contributed by atoms with E-state index in [1.54, 1.807) is 32.3 Å². The molecule has 2 amide bonds. The van der Waals surface area contributed by atoms with Gasteiger partial charge in [0.1, 0.15) is 28.5 Å².